The summed E-state index contributed by atoms with van der Waals surface area (Å²) in [5.74, 6) is 0.945. The number of allylic oxidation sites excluding steroid dienone is 14. The van der Waals surface area contributed by atoms with Crippen LogP contribution in [0.2, 0.25) is 5.02 Å². The number of rotatable bonds is 23. The van der Waals surface area contributed by atoms with E-state index in [1.165, 1.54) is 44.6 Å². The number of carbonyl (C=O) groups is 1. The lowest BCUT2D eigenvalue weighted by molar-refractivity contribution is -0.129. The fourth-order valence-electron chi connectivity index (χ4n) is 5.16. The summed E-state index contributed by atoms with van der Waals surface area (Å²) in [5.41, 5.74) is 2.64. The monoisotopic (exact) mass is 696 g/mol. The van der Waals surface area contributed by atoms with Gasteiger partial charge in [0.25, 0.3) is 0 Å². The molecule has 268 valence electrons. The minimum Gasteiger partial charge on any atom is -0.508 e. The molecule has 0 fully saturated rings. The van der Waals surface area contributed by atoms with E-state index in [1.54, 1.807) is 30.4 Å². The van der Waals surface area contributed by atoms with E-state index < -0.39 is 5.97 Å². The van der Waals surface area contributed by atoms with Gasteiger partial charge in [-0.1, -0.05) is 181 Å². The number of hydrogen-bond donors (Lipinski definition) is 2. The number of halogens is 1. The molecule has 0 saturated carbocycles. The van der Waals surface area contributed by atoms with E-state index in [-0.39, 0.29) is 11.5 Å². The molecule has 0 atom stereocenters. The van der Waals surface area contributed by atoms with Crippen LogP contribution in [0.4, 0.5) is 0 Å². The highest BCUT2D eigenvalue weighted by Gasteiger charge is 2.14. The molecule has 0 saturated heterocycles. The Morgan fingerprint density at radius 1 is 0.680 bits per heavy atom. The van der Waals surface area contributed by atoms with Gasteiger partial charge in [0, 0.05) is 11.6 Å². The van der Waals surface area contributed by atoms with Crippen LogP contribution >= 0.6 is 11.6 Å². The molecule has 0 heterocycles. The fraction of sp³-hybridized carbons (Fsp3) is 0.356. The molecule has 2 N–H and O–H groups in total. The van der Waals surface area contributed by atoms with Gasteiger partial charge in [-0.05, 0) is 67.0 Å². The van der Waals surface area contributed by atoms with Crippen molar-refractivity contribution >= 4 is 23.6 Å². The van der Waals surface area contributed by atoms with E-state index >= 15 is 0 Å². The van der Waals surface area contributed by atoms with Crippen LogP contribution in [0.1, 0.15) is 102 Å². The van der Waals surface area contributed by atoms with Crippen LogP contribution in [0.15, 0.2) is 121 Å². The lowest BCUT2D eigenvalue weighted by Crippen LogP contribution is -2.07. The molecule has 0 aliphatic heterocycles. The normalized spacial score (nSPS) is 12.7. The highest BCUT2D eigenvalue weighted by molar-refractivity contribution is 6.32. The average Bonchev–Trinajstić information content (AvgIpc) is 3.08. The lowest BCUT2D eigenvalue weighted by Gasteiger charge is -2.14. The zero-order chi connectivity index (χ0) is 36.2. The van der Waals surface area contributed by atoms with Crippen molar-refractivity contribution in [3.05, 3.63) is 143 Å². The summed E-state index contributed by atoms with van der Waals surface area (Å²) in [4.78, 5) is 12.7. The van der Waals surface area contributed by atoms with E-state index in [0.29, 0.717) is 23.1 Å². The predicted molar refractivity (Wildman–Crippen MR) is 214 cm³/mol. The standard InChI is InChI=1S/C45H57ClO4/c1-4-5-6-7-8-18-21-24-30-40-43(48)35-39(29-26-27-37(2)3)36-44(40)50-45(49)31-25-22-19-16-14-12-10-9-11-13-15-17-20-23-28-38-32-33-42(47)41(46)34-38/h9-17,19-20,22-23,25,28,31-37,47-48H,4-8,18,21,24,26-27,29-30H2,1-3H3. The van der Waals surface area contributed by atoms with Gasteiger partial charge in [-0.3, -0.25) is 0 Å². The highest BCUT2D eigenvalue weighted by atomic mass is 35.5. The number of phenols is 2. The van der Waals surface area contributed by atoms with Crippen molar-refractivity contribution in [2.24, 2.45) is 5.92 Å². The first-order chi connectivity index (χ1) is 24.3. The molecule has 0 amide bonds. The van der Waals surface area contributed by atoms with Crippen LogP contribution in [0.25, 0.3) is 6.08 Å². The molecule has 0 aliphatic rings. The first-order valence-corrected chi connectivity index (χ1v) is 18.6. The molecule has 5 heteroatoms. The topological polar surface area (TPSA) is 66.8 Å². The molecule has 2 rings (SSSR count). The number of aryl methyl sites for hydroxylation is 1. The van der Waals surface area contributed by atoms with Gasteiger partial charge >= 0.3 is 5.97 Å². The Labute approximate surface area is 306 Å². The lowest BCUT2D eigenvalue weighted by atomic mass is 9.98. The van der Waals surface area contributed by atoms with Gasteiger partial charge in [-0.2, -0.15) is 0 Å². The Kier molecular flexibility index (Phi) is 22.3. The van der Waals surface area contributed by atoms with Crippen molar-refractivity contribution in [2.45, 2.75) is 97.8 Å². The maximum absolute atomic E-state index is 12.7. The second-order valence-corrected chi connectivity index (χ2v) is 13.2. The Bertz CT molecular complexity index is 1520. The van der Waals surface area contributed by atoms with Crippen molar-refractivity contribution in [2.75, 3.05) is 0 Å². The quantitative estimate of drug-likeness (QED) is 0.0399. The number of ether oxygens (including phenoxy) is 1. The number of hydrogen-bond acceptors (Lipinski definition) is 4. The highest BCUT2D eigenvalue weighted by Crippen LogP contribution is 2.33. The van der Waals surface area contributed by atoms with Gasteiger partial charge in [0.05, 0.1) is 5.02 Å². The SMILES string of the molecule is CCCCCCCCCCc1c(O)cc(CCCC(C)C)cc1OC(=O)C=CC=CC=CC=CC=CC=CC=CC=Cc1ccc(O)c(Cl)c1. The Morgan fingerprint density at radius 3 is 1.82 bits per heavy atom. The number of aromatic hydroxyl groups is 2. The van der Waals surface area contributed by atoms with Crippen LogP contribution in [0, 0.1) is 5.92 Å². The summed E-state index contributed by atoms with van der Waals surface area (Å²) in [7, 11) is 0. The van der Waals surface area contributed by atoms with Crippen molar-refractivity contribution in [3.63, 3.8) is 0 Å². The summed E-state index contributed by atoms with van der Waals surface area (Å²) in [6.45, 7) is 6.66. The van der Waals surface area contributed by atoms with Crippen LogP contribution in [0.5, 0.6) is 17.2 Å². The minimum atomic E-state index is -0.458. The van der Waals surface area contributed by atoms with Crippen LogP contribution in [-0.4, -0.2) is 16.2 Å². The Morgan fingerprint density at radius 2 is 1.24 bits per heavy atom. The van der Waals surface area contributed by atoms with Crippen molar-refractivity contribution in [1.29, 1.82) is 0 Å². The zero-order valence-corrected chi connectivity index (χ0v) is 31.0. The Balaban J connectivity index is 1.82. The molecule has 0 aromatic heterocycles. The van der Waals surface area contributed by atoms with Crippen LogP contribution in [0.3, 0.4) is 0 Å². The molecule has 2 aromatic rings. The smallest absolute Gasteiger partial charge is 0.336 e. The van der Waals surface area contributed by atoms with E-state index in [1.807, 2.05) is 91.1 Å². The molecule has 0 unspecified atom stereocenters. The summed E-state index contributed by atoms with van der Waals surface area (Å²) >= 11 is 5.91. The number of phenolic OH excluding ortho intramolecular Hbond substituents is 2. The first-order valence-electron chi connectivity index (χ1n) is 18.2. The number of carbonyl (C=O) groups excluding carboxylic acids is 1. The minimum absolute atomic E-state index is 0.0764. The van der Waals surface area contributed by atoms with Crippen molar-refractivity contribution in [3.8, 4) is 17.2 Å². The van der Waals surface area contributed by atoms with Gasteiger partial charge in [0.15, 0.2) is 0 Å². The predicted octanol–water partition coefficient (Wildman–Crippen LogP) is 12.9. The van der Waals surface area contributed by atoms with E-state index in [0.717, 1.165) is 48.8 Å². The van der Waals surface area contributed by atoms with E-state index in [2.05, 4.69) is 20.8 Å². The maximum atomic E-state index is 12.7. The van der Waals surface area contributed by atoms with E-state index in [4.69, 9.17) is 16.3 Å². The van der Waals surface area contributed by atoms with Gasteiger partial charge in [-0.25, -0.2) is 4.79 Å². The Hall–Kier alpha value is -4.28. The molecule has 0 radical (unpaired) electrons. The molecule has 0 aliphatic carbocycles. The van der Waals surface area contributed by atoms with Crippen molar-refractivity contribution in [1.82, 2.24) is 0 Å². The largest absolute Gasteiger partial charge is 0.508 e. The van der Waals surface area contributed by atoms with E-state index in [9.17, 15) is 15.0 Å². The third kappa shape index (κ3) is 19.7. The molecule has 0 spiro atoms. The average molecular weight is 697 g/mol. The van der Waals surface area contributed by atoms with Gasteiger partial charge in [-0.15, -0.1) is 0 Å². The van der Waals surface area contributed by atoms with Crippen molar-refractivity contribution < 1.29 is 19.7 Å². The summed E-state index contributed by atoms with van der Waals surface area (Å²) < 4.78 is 5.78. The number of unbranched alkanes of at least 4 members (excludes halogenated alkanes) is 7. The fourth-order valence-corrected chi connectivity index (χ4v) is 5.35. The summed E-state index contributed by atoms with van der Waals surface area (Å²) in [5, 5.41) is 20.7. The molecule has 2 aromatic carbocycles. The summed E-state index contributed by atoms with van der Waals surface area (Å²) in [6.07, 6.45) is 43.1. The number of esters is 1. The summed E-state index contributed by atoms with van der Waals surface area (Å²) in [6, 6.07) is 8.86. The third-order valence-electron chi connectivity index (χ3n) is 7.92. The van der Waals surface area contributed by atoms with Crippen LogP contribution < -0.4 is 4.74 Å². The molecule has 4 nitrogen and oxygen atoms in total. The molecular weight excluding hydrogens is 640 g/mol. The van der Waals surface area contributed by atoms with Gasteiger partial charge in [0.1, 0.15) is 17.2 Å². The maximum Gasteiger partial charge on any atom is 0.336 e. The zero-order valence-electron chi connectivity index (χ0n) is 30.3. The number of benzene rings is 2. The van der Waals surface area contributed by atoms with Gasteiger partial charge in [0.2, 0.25) is 0 Å². The van der Waals surface area contributed by atoms with Gasteiger partial charge < -0.3 is 14.9 Å². The second-order valence-electron chi connectivity index (χ2n) is 12.8. The second kappa shape index (κ2) is 26.6. The first kappa shape index (κ1) is 41.9. The van der Waals surface area contributed by atoms with Crippen LogP contribution in [-0.2, 0) is 17.6 Å². The molecule has 0 bridgehead atoms. The third-order valence-corrected chi connectivity index (χ3v) is 8.22. The molecule has 50 heavy (non-hydrogen) atoms. The molecular formula is C45H57ClO4.